The standard InChI is InChI=1S/C17H24N2O/c1-6-13-8-7-9-14-16(12(4)19(5)17(13)14)15(20)10-18-11(2)3/h7-9,11,18H,6,10H2,1-5H3. The number of nitrogens with zero attached hydrogens (tertiary/aromatic N) is 1. The Morgan fingerprint density at radius 1 is 1.35 bits per heavy atom. The summed E-state index contributed by atoms with van der Waals surface area (Å²) in [4.78, 5) is 12.5. The molecule has 1 aromatic heterocycles. The summed E-state index contributed by atoms with van der Waals surface area (Å²) < 4.78 is 2.15. The van der Waals surface area contributed by atoms with Crippen LogP contribution < -0.4 is 5.32 Å². The Hall–Kier alpha value is -1.61. The number of Topliss-reactive ketones (excluding diaryl/α,β-unsaturated/α-hetero) is 1. The summed E-state index contributed by atoms with van der Waals surface area (Å²) in [6.45, 7) is 8.69. The van der Waals surface area contributed by atoms with Crippen molar-refractivity contribution in [2.24, 2.45) is 7.05 Å². The molecule has 1 aromatic carbocycles. The van der Waals surface area contributed by atoms with E-state index in [9.17, 15) is 4.79 Å². The van der Waals surface area contributed by atoms with Crippen molar-refractivity contribution in [3.8, 4) is 0 Å². The Morgan fingerprint density at radius 2 is 2.05 bits per heavy atom. The van der Waals surface area contributed by atoms with Gasteiger partial charge in [0.2, 0.25) is 0 Å². The van der Waals surface area contributed by atoms with E-state index in [4.69, 9.17) is 0 Å². The number of carbonyl (C=O) groups is 1. The van der Waals surface area contributed by atoms with Crippen molar-refractivity contribution in [1.29, 1.82) is 0 Å². The zero-order valence-corrected chi connectivity index (χ0v) is 13.1. The smallest absolute Gasteiger partial charge is 0.179 e. The molecule has 0 fully saturated rings. The summed E-state index contributed by atoms with van der Waals surface area (Å²) in [6.07, 6.45) is 0.979. The molecule has 0 saturated carbocycles. The van der Waals surface area contributed by atoms with Crippen molar-refractivity contribution in [3.05, 3.63) is 35.0 Å². The van der Waals surface area contributed by atoms with E-state index in [-0.39, 0.29) is 5.78 Å². The Balaban J connectivity index is 2.54. The van der Waals surface area contributed by atoms with Gasteiger partial charge >= 0.3 is 0 Å². The lowest BCUT2D eigenvalue weighted by molar-refractivity contribution is 0.0989. The number of benzene rings is 1. The van der Waals surface area contributed by atoms with E-state index in [1.165, 1.54) is 11.1 Å². The third-order valence-electron chi connectivity index (χ3n) is 3.92. The summed E-state index contributed by atoms with van der Waals surface area (Å²) >= 11 is 0. The number of aryl methyl sites for hydroxylation is 2. The number of carbonyl (C=O) groups excluding carboxylic acids is 1. The maximum absolute atomic E-state index is 12.5. The van der Waals surface area contributed by atoms with Gasteiger partial charge in [0.1, 0.15) is 0 Å². The second kappa shape index (κ2) is 5.80. The molecule has 2 aromatic rings. The lowest BCUT2D eigenvalue weighted by Crippen LogP contribution is -2.29. The van der Waals surface area contributed by atoms with Gasteiger partial charge in [-0.1, -0.05) is 39.0 Å². The van der Waals surface area contributed by atoms with Crippen LogP contribution in [0, 0.1) is 6.92 Å². The topological polar surface area (TPSA) is 34.0 Å². The van der Waals surface area contributed by atoms with E-state index in [0.717, 1.165) is 23.1 Å². The zero-order chi connectivity index (χ0) is 14.9. The molecule has 0 saturated heterocycles. The van der Waals surface area contributed by atoms with Gasteiger partial charge in [-0.2, -0.15) is 0 Å². The van der Waals surface area contributed by atoms with Gasteiger partial charge in [-0.3, -0.25) is 4.79 Å². The minimum absolute atomic E-state index is 0.176. The van der Waals surface area contributed by atoms with Crippen molar-refractivity contribution in [3.63, 3.8) is 0 Å². The molecule has 1 N–H and O–H groups in total. The largest absolute Gasteiger partial charge is 0.347 e. The third-order valence-corrected chi connectivity index (χ3v) is 3.92. The Kier molecular flexibility index (Phi) is 4.29. The van der Waals surface area contributed by atoms with E-state index >= 15 is 0 Å². The first kappa shape index (κ1) is 14.8. The number of rotatable bonds is 5. The molecule has 20 heavy (non-hydrogen) atoms. The molecular weight excluding hydrogens is 248 g/mol. The van der Waals surface area contributed by atoms with E-state index in [1.807, 2.05) is 20.0 Å². The van der Waals surface area contributed by atoms with Crippen LogP contribution in [-0.2, 0) is 13.5 Å². The first-order chi connectivity index (χ1) is 9.47. The number of fused-ring (bicyclic) bond motifs is 1. The van der Waals surface area contributed by atoms with Crippen LogP contribution in [0.3, 0.4) is 0 Å². The first-order valence-corrected chi connectivity index (χ1v) is 7.30. The van der Waals surface area contributed by atoms with Gasteiger partial charge in [-0.05, 0) is 18.9 Å². The minimum Gasteiger partial charge on any atom is -0.347 e. The molecule has 0 aliphatic carbocycles. The van der Waals surface area contributed by atoms with Crippen LogP contribution in [0.25, 0.3) is 10.9 Å². The first-order valence-electron chi connectivity index (χ1n) is 7.30. The fraction of sp³-hybridized carbons (Fsp3) is 0.471. The molecule has 3 heteroatoms. The molecular formula is C17H24N2O. The highest BCUT2D eigenvalue weighted by molar-refractivity contribution is 6.11. The van der Waals surface area contributed by atoms with E-state index in [0.29, 0.717) is 12.6 Å². The zero-order valence-electron chi connectivity index (χ0n) is 13.1. The monoisotopic (exact) mass is 272 g/mol. The molecule has 0 aliphatic heterocycles. The van der Waals surface area contributed by atoms with E-state index < -0.39 is 0 Å². The fourth-order valence-electron chi connectivity index (χ4n) is 2.74. The highest BCUT2D eigenvalue weighted by Crippen LogP contribution is 2.28. The molecule has 0 amide bonds. The quantitative estimate of drug-likeness (QED) is 0.848. The number of para-hydroxylation sites is 1. The van der Waals surface area contributed by atoms with Gasteiger partial charge in [0.15, 0.2) is 5.78 Å². The Morgan fingerprint density at radius 3 is 2.65 bits per heavy atom. The van der Waals surface area contributed by atoms with Gasteiger partial charge in [-0.25, -0.2) is 0 Å². The van der Waals surface area contributed by atoms with Crippen LogP contribution in [-0.4, -0.2) is 22.9 Å². The predicted molar refractivity (Wildman–Crippen MR) is 84.5 cm³/mol. The molecule has 0 bridgehead atoms. The predicted octanol–water partition coefficient (Wildman–Crippen LogP) is 3.23. The molecule has 0 unspecified atom stereocenters. The Bertz CT molecular complexity index is 638. The third kappa shape index (κ3) is 2.50. The van der Waals surface area contributed by atoms with Gasteiger partial charge in [-0.15, -0.1) is 0 Å². The highest BCUT2D eigenvalue weighted by Gasteiger charge is 2.19. The lowest BCUT2D eigenvalue weighted by Gasteiger charge is -2.07. The lowest BCUT2D eigenvalue weighted by atomic mass is 10.0. The minimum atomic E-state index is 0.176. The Labute approximate surface area is 121 Å². The second-order valence-corrected chi connectivity index (χ2v) is 5.65. The van der Waals surface area contributed by atoms with Gasteiger partial charge in [0.25, 0.3) is 0 Å². The maximum Gasteiger partial charge on any atom is 0.179 e. The summed E-state index contributed by atoms with van der Waals surface area (Å²) in [6, 6.07) is 6.57. The number of aromatic nitrogens is 1. The van der Waals surface area contributed by atoms with Crippen LogP contribution >= 0.6 is 0 Å². The normalized spacial score (nSPS) is 11.5. The molecule has 0 atom stereocenters. The van der Waals surface area contributed by atoms with Gasteiger partial charge < -0.3 is 9.88 Å². The van der Waals surface area contributed by atoms with Crippen molar-refractivity contribution in [2.45, 2.75) is 40.2 Å². The summed E-state index contributed by atoms with van der Waals surface area (Å²) in [5.41, 5.74) is 4.41. The molecule has 0 radical (unpaired) electrons. The van der Waals surface area contributed by atoms with Crippen molar-refractivity contribution in [2.75, 3.05) is 6.54 Å². The van der Waals surface area contributed by atoms with E-state index in [2.05, 4.69) is 42.8 Å². The number of hydrogen-bond acceptors (Lipinski definition) is 2. The fourth-order valence-corrected chi connectivity index (χ4v) is 2.74. The van der Waals surface area contributed by atoms with E-state index in [1.54, 1.807) is 0 Å². The van der Waals surface area contributed by atoms with Crippen LogP contribution in [0.4, 0.5) is 0 Å². The molecule has 0 aliphatic rings. The maximum atomic E-state index is 12.5. The van der Waals surface area contributed by atoms with Crippen molar-refractivity contribution >= 4 is 16.7 Å². The molecule has 2 rings (SSSR count). The SMILES string of the molecule is CCc1cccc2c(C(=O)CNC(C)C)c(C)n(C)c12. The molecule has 108 valence electrons. The van der Waals surface area contributed by atoms with Gasteiger partial charge in [0.05, 0.1) is 12.1 Å². The van der Waals surface area contributed by atoms with Gasteiger partial charge in [0, 0.05) is 29.7 Å². The number of ketones is 1. The average Bonchev–Trinajstić information content (AvgIpc) is 2.68. The molecule has 1 heterocycles. The van der Waals surface area contributed by atoms with Crippen LogP contribution in [0.2, 0.25) is 0 Å². The summed E-state index contributed by atoms with van der Waals surface area (Å²) in [5, 5.41) is 4.30. The molecule has 0 spiro atoms. The van der Waals surface area contributed by atoms with Crippen LogP contribution in [0.15, 0.2) is 18.2 Å². The summed E-state index contributed by atoms with van der Waals surface area (Å²) in [7, 11) is 2.05. The van der Waals surface area contributed by atoms with Crippen LogP contribution in [0.5, 0.6) is 0 Å². The van der Waals surface area contributed by atoms with Crippen molar-refractivity contribution < 1.29 is 4.79 Å². The molecule has 3 nitrogen and oxygen atoms in total. The van der Waals surface area contributed by atoms with Crippen molar-refractivity contribution in [1.82, 2.24) is 9.88 Å². The number of hydrogen-bond donors (Lipinski definition) is 1. The highest BCUT2D eigenvalue weighted by atomic mass is 16.1. The summed E-state index contributed by atoms with van der Waals surface area (Å²) in [5.74, 6) is 0.176. The number of nitrogens with one attached hydrogen (secondary N) is 1. The second-order valence-electron chi connectivity index (χ2n) is 5.65. The van der Waals surface area contributed by atoms with Crippen LogP contribution in [0.1, 0.15) is 42.4 Å². The average molecular weight is 272 g/mol.